The maximum Gasteiger partial charge on any atom is 0.333 e. The number of nitrogens with one attached hydrogen (secondary N) is 1. The number of halogens is 1. The van der Waals surface area contributed by atoms with Gasteiger partial charge in [-0.3, -0.25) is 14.2 Å². The van der Waals surface area contributed by atoms with Gasteiger partial charge in [-0.15, -0.1) is 0 Å². The summed E-state index contributed by atoms with van der Waals surface area (Å²) in [5, 5.41) is 3.15. The first-order chi connectivity index (χ1) is 14.0. The van der Waals surface area contributed by atoms with Crippen molar-refractivity contribution >= 4 is 34.4 Å². The number of aromatic nitrogens is 4. The number of aryl methyl sites for hydroxylation is 2. The normalized spacial score (nSPS) is 11.1. The van der Waals surface area contributed by atoms with Gasteiger partial charge in [0, 0.05) is 23.8 Å². The summed E-state index contributed by atoms with van der Waals surface area (Å²) in [7, 11) is 0. The van der Waals surface area contributed by atoms with Gasteiger partial charge in [-0.2, -0.15) is 0 Å². The highest BCUT2D eigenvalue weighted by molar-refractivity contribution is 6.30. The molecular weight excluding hydrogens is 394 g/mol. The molecule has 0 atom stereocenters. The Morgan fingerprint density at radius 1 is 1.14 bits per heavy atom. The lowest BCUT2D eigenvalue weighted by atomic mass is 10.3. The fourth-order valence-electron chi connectivity index (χ4n) is 3.21. The van der Waals surface area contributed by atoms with Crippen LogP contribution in [0.2, 0.25) is 5.02 Å². The highest BCUT2D eigenvalue weighted by Crippen LogP contribution is 2.15. The zero-order valence-corrected chi connectivity index (χ0v) is 17.3. The quantitative estimate of drug-likeness (QED) is 0.610. The Bertz CT molecular complexity index is 1150. The van der Waals surface area contributed by atoms with E-state index in [0.717, 1.165) is 17.4 Å². The van der Waals surface area contributed by atoms with Crippen molar-refractivity contribution in [3.05, 3.63) is 56.5 Å². The summed E-state index contributed by atoms with van der Waals surface area (Å²) in [5.41, 5.74) is 0.170. The monoisotopic (exact) mass is 417 g/mol. The molecule has 2 heterocycles. The number of anilines is 1. The van der Waals surface area contributed by atoms with Gasteiger partial charge in [0.1, 0.15) is 6.54 Å². The minimum atomic E-state index is -0.536. The highest BCUT2D eigenvalue weighted by Gasteiger charge is 2.19. The number of benzene rings is 1. The van der Waals surface area contributed by atoms with Crippen LogP contribution in [-0.2, 0) is 24.4 Å². The zero-order valence-electron chi connectivity index (χ0n) is 16.5. The summed E-state index contributed by atoms with van der Waals surface area (Å²) in [6.45, 7) is 4.65. The van der Waals surface area contributed by atoms with Crippen molar-refractivity contribution < 1.29 is 4.79 Å². The molecule has 8 nitrogen and oxygen atoms in total. The SMILES string of the molecule is CCCCn1cnc2c1c(=O)n(CC(=O)Nc1cccc(Cl)c1)c(=O)n2CCC. The molecule has 0 bridgehead atoms. The van der Waals surface area contributed by atoms with E-state index in [9.17, 15) is 14.4 Å². The first kappa shape index (κ1) is 20.9. The Balaban J connectivity index is 2.02. The first-order valence-corrected chi connectivity index (χ1v) is 10.1. The molecule has 0 fully saturated rings. The Labute approximate surface area is 172 Å². The van der Waals surface area contributed by atoms with Gasteiger partial charge >= 0.3 is 5.69 Å². The summed E-state index contributed by atoms with van der Waals surface area (Å²) < 4.78 is 4.20. The third kappa shape index (κ3) is 4.42. The van der Waals surface area contributed by atoms with Crippen molar-refractivity contribution in [2.75, 3.05) is 5.32 Å². The number of hydrogen-bond donors (Lipinski definition) is 1. The minimum Gasteiger partial charge on any atom is -0.325 e. The van der Waals surface area contributed by atoms with Crippen LogP contribution in [0.5, 0.6) is 0 Å². The number of hydrogen-bond acceptors (Lipinski definition) is 4. The van der Waals surface area contributed by atoms with E-state index < -0.39 is 17.2 Å². The van der Waals surface area contributed by atoms with Crippen LogP contribution in [0.25, 0.3) is 11.2 Å². The van der Waals surface area contributed by atoms with Crippen LogP contribution < -0.4 is 16.6 Å². The van der Waals surface area contributed by atoms with Crippen LogP contribution in [0.4, 0.5) is 5.69 Å². The second kappa shape index (κ2) is 9.09. The predicted octanol–water partition coefficient (Wildman–Crippen LogP) is 2.86. The lowest BCUT2D eigenvalue weighted by molar-refractivity contribution is -0.116. The first-order valence-electron chi connectivity index (χ1n) is 9.70. The van der Waals surface area contributed by atoms with Gasteiger partial charge in [0.15, 0.2) is 11.2 Å². The van der Waals surface area contributed by atoms with E-state index in [0.29, 0.717) is 41.4 Å². The molecular formula is C20H24ClN5O3. The highest BCUT2D eigenvalue weighted by atomic mass is 35.5. The molecule has 0 aliphatic rings. The van der Waals surface area contributed by atoms with Gasteiger partial charge < -0.3 is 9.88 Å². The second-order valence-corrected chi connectivity index (χ2v) is 7.28. The molecule has 154 valence electrons. The lowest BCUT2D eigenvalue weighted by Gasteiger charge is -2.12. The number of nitrogens with zero attached hydrogens (tertiary/aromatic N) is 4. The summed E-state index contributed by atoms with van der Waals surface area (Å²) in [5.74, 6) is -0.478. The summed E-state index contributed by atoms with van der Waals surface area (Å²) in [6.07, 6.45) is 4.13. The molecule has 1 aromatic carbocycles. The van der Waals surface area contributed by atoms with Crippen LogP contribution in [0, 0.1) is 0 Å². The second-order valence-electron chi connectivity index (χ2n) is 6.85. The average molecular weight is 418 g/mol. The molecule has 3 aromatic rings. The number of carbonyl (C=O) groups excluding carboxylic acids is 1. The Morgan fingerprint density at radius 2 is 1.93 bits per heavy atom. The minimum absolute atomic E-state index is 0.349. The number of fused-ring (bicyclic) bond motifs is 1. The fourth-order valence-corrected chi connectivity index (χ4v) is 3.40. The Hall–Kier alpha value is -2.87. The van der Waals surface area contributed by atoms with Crippen LogP contribution in [-0.4, -0.2) is 24.6 Å². The molecule has 0 aliphatic carbocycles. The van der Waals surface area contributed by atoms with Crippen molar-refractivity contribution in [2.45, 2.75) is 52.7 Å². The molecule has 0 spiro atoms. The molecule has 0 saturated heterocycles. The third-order valence-corrected chi connectivity index (χ3v) is 4.83. The molecule has 0 radical (unpaired) electrons. The zero-order chi connectivity index (χ0) is 21.0. The third-order valence-electron chi connectivity index (χ3n) is 4.59. The van der Waals surface area contributed by atoms with Crippen LogP contribution in [0.3, 0.4) is 0 Å². The predicted molar refractivity (Wildman–Crippen MR) is 114 cm³/mol. The number of amides is 1. The van der Waals surface area contributed by atoms with E-state index in [2.05, 4.69) is 17.2 Å². The van der Waals surface area contributed by atoms with Crippen molar-refractivity contribution in [3.8, 4) is 0 Å². The molecule has 0 aliphatic heterocycles. The number of rotatable bonds is 8. The van der Waals surface area contributed by atoms with Gasteiger partial charge in [0.25, 0.3) is 5.56 Å². The van der Waals surface area contributed by atoms with Crippen LogP contribution in [0.15, 0.2) is 40.2 Å². The summed E-state index contributed by atoms with van der Waals surface area (Å²) >= 11 is 5.94. The topological polar surface area (TPSA) is 90.9 Å². The van der Waals surface area contributed by atoms with Gasteiger partial charge in [0.2, 0.25) is 5.91 Å². The van der Waals surface area contributed by atoms with Crippen LogP contribution >= 0.6 is 11.6 Å². The van der Waals surface area contributed by atoms with E-state index in [1.807, 2.05) is 6.92 Å². The molecule has 1 amide bonds. The molecule has 0 unspecified atom stereocenters. The van der Waals surface area contributed by atoms with Crippen molar-refractivity contribution in [2.24, 2.45) is 0 Å². The Morgan fingerprint density at radius 3 is 2.62 bits per heavy atom. The summed E-state index contributed by atoms with van der Waals surface area (Å²) in [4.78, 5) is 42.8. The van der Waals surface area contributed by atoms with Gasteiger partial charge in [-0.25, -0.2) is 14.3 Å². The smallest absolute Gasteiger partial charge is 0.325 e. The standard InChI is InChI=1S/C20H24ClN5O3/c1-3-5-10-24-13-22-18-17(24)19(28)26(20(29)25(18)9-4-2)12-16(27)23-15-8-6-7-14(21)11-15/h6-8,11,13H,3-5,9-10,12H2,1-2H3,(H,23,27). The van der Waals surface area contributed by atoms with Crippen molar-refractivity contribution in [3.63, 3.8) is 0 Å². The number of unbranched alkanes of at least 4 members (excludes halogenated alkanes) is 1. The number of carbonyl (C=O) groups is 1. The summed E-state index contributed by atoms with van der Waals surface area (Å²) in [6, 6.07) is 6.68. The largest absolute Gasteiger partial charge is 0.333 e. The van der Waals surface area contributed by atoms with Crippen molar-refractivity contribution in [1.82, 2.24) is 18.7 Å². The molecule has 2 aromatic heterocycles. The molecule has 9 heteroatoms. The Kier molecular flexibility index (Phi) is 6.53. The maximum absolute atomic E-state index is 13.1. The van der Waals surface area contributed by atoms with E-state index in [1.165, 1.54) is 4.57 Å². The van der Waals surface area contributed by atoms with E-state index in [-0.39, 0.29) is 6.54 Å². The molecule has 3 rings (SSSR count). The van der Waals surface area contributed by atoms with Crippen molar-refractivity contribution in [1.29, 1.82) is 0 Å². The maximum atomic E-state index is 13.1. The molecule has 29 heavy (non-hydrogen) atoms. The fraction of sp³-hybridized carbons (Fsp3) is 0.400. The van der Waals surface area contributed by atoms with Crippen LogP contribution in [0.1, 0.15) is 33.1 Å². The van der Waals surface area contributed by atoms with Gasteiger partial charge in [-0.1, -0.05) is 37.9 Å². The van der Waals surface area contributed by atoms with E-state index >= 15 is 0 Å². The van der Waals surface area contributed by atoms with Gasteiger partial charge in [0.05, 0.1) is 6.33 Å². The molecule has 1 N–H and O–H groups in total. The van der Waals surface area contributed by atoms with E-state index in [1.54, 1.807) is 35.2 Å². The van der Waals surface area contributed by atoms with E-state index in [4.69, 9.17) is 11.6 Å². The lowest BCUT2D eigenvalue weighted by Crippen LogP contribution is -2.43. The molecule has 0 saturated carbocycles. The van der Waals surface area contributed by atoms with Gasteiger partial charge in [-0.05, 0) is 31.0 Å². The number of imidazole rings is 1. The average Bonchev–Trinajstić information content (AvgIpc) is 3.10.